The molecule has 0 radical (unpaired) electrons. The molecule has 6 nitrogen and oxygen atoms in total. The van der Waals surface area contributed by atoms with Crippen molar-refractivity contribution in [2.45, 2.75) is 6.92 Å². The van der Waals surface area contributed by atoms with Gasteiger partial charge in [-0.25, -0.2) is 9.36 Å². The van der Waals surface area contributed by atoms with Crippen LogP contribution in [0.15, 0.2) is 70.3 Å². The summed E-state index contributed by atoms with van der Waals surface area (Å²) in [5.41, 5.74) is 0.332. The van der Waals surface area contributed by atoms with E-state index in [0.29, 0.717) is 16.9 Å². The van der Waals surface area contributed by atoms with Gasteiger partial charge in [-0.15, -0.1) is 0 Å². The van der Waals surface area contributed by atoms with Crippen LogP contribution in [0.1, 0.15) is 16.1 Å². The SMILES string of the molecule is Cc1c(NC(=O)c2ccccc2)c(=O)n(-c2ccccc2)c(=O)n1C. The van der Waals surface area contributed by atoms with E-state index >= 15 is 0 Å². The second-order valence-electron chi connectivity index (χ2n) is 5.60. The van der Waals surface area contributed by atoms with Gasteiger partial charge in [0.15, 0.2) is 0 Å². The van der Waals surface area contributed by atoms with Crippen molar-refractivity contribution in [1.82, 2.24) is 9.13 Å². The lowest BCUT2D eigenvalue weighted by Gasteiger charge is -2.15. The van der Waals surface area contributed by atoms with E-state index in [-0.39, 0.29) is 5.69 Å². The molecule has 1 amide bonds. The Balaban J connectivity index is 2.15. The molecule has 6 heteroatoms. The molecule has 1 heterocycles. The number of aromatic nitrogens is 2. The summed E-state index contributed by atoms with van der Waals surface area (Å²) in [6.45, 7) is 1.62. The van der Waals surface area contributed by atoms with Crippen molar-refractivity contribution in [1.29, 1.82) is 0 Å². The summed E-state index contributed by atoms with van der Waals surface area (Å²) in [7, 11) is 1.56. The second-order valence-corrected chi connectivity index (χ2v) is 5.60. The van der Waals surface area contributed by atoms with Crippen LogP contribution in [-0.4, -0.2) is 15.0 Å². The molecule has 0 spiro atoms. The van der Waals surface area contributed by atoms with E-state index in [1.807, 2.05) is 0 Å². The normalized spacial score (nSPS) is 10.5. The predicted octanol–water partition coefficient (Wildman–Crippen LogP) is 2.10. The van der Waals surface area contributed by atoms with E-state index in [1.54, 1.807) is 74.6 Å². The highest BCUT2D eigenvalue weighted by Crippen LogP contribution is 2.11. The zero-order chi connectivity index (χ0) is 18.0. The minimum Gasteiger partial charge on any atom is -0.316 e. The van der Waals surface area contributed by atoms with Gasteiger partial charge in [0.25, 0.3) is 11.5 Å². The summed E-state index contributed by atoms with van der Waals surface area (Å²) in [5, 5.41) is 2.64. The first-order valence-corrected chi connectivity index (χ1v) is 7.75. The lowest BCUT2D eigenvalue weighted by molar-refractivity contribution is 0.102. The molecule has 3 aromatic rings. The largest absolute Gasteiger partial charge is 0.335 e. The Kier molecular flexibility index (Phi) is 4.35. The fourth-order valence-electron chi connectivity index (χ4n) is 2.54. The summed E-state index contributed by atoms with van der Waals surface area (Å²) in [4.78, 5) is 37.8. The summed E-state index contributed by atoms with van der Waals surface area (Å²) in [6, 6.07) is 17.2. The number of carbonyl (C=O) groups excluding carboxylic acids is 1. The molecule has 1 aromatic heterocycles. The third-order valence-corrected chi connectivity index (χ3v) is 4.05. The Morgan fingerprint density at radius 3 is 2.08 bits per heavy atom. The van der Waals surface area contributed by atoms with E-state index in [9.17, 15) is 14.4 Å². The Hall–Kier alpha value is -3.41. The molecule has 25 heavy (non-hydrogen) atoms. The van der Waals surface area contributed by atoms with Crippen LogP contribution in [0.25, 0.3) is 5.69 Å². The van der Waals surface area contributed by atoms with E-state index in [1.165, 1.54) is 4.57 Å². The van der Waals surface area contributed by atoms with Crippen molar-refractivity contribution >= 4 is 11.6 Å². The molecule has 3 rings (SSSR count). The Morgan fingerprint density at radius 2 is 1.48 bits per heavy atom. The van der Waals surface area contributed by atoms with E-state index < -0.39 is 17.2 Å². The highest BCUT2D eigenvalue weighted by molar-refractivity contribution is 6.04. The van der Waals surface area contributed by atoms with Crippen molar-refractivity contribution in [3.63, 3.8) is 0 Å². The molecule has 2 aromatic carbocycles. The highest BCUT2D eigenvalue weighted by Gasteiger charge is 2.18. The molecule has 0 saturated heterocycles. The summed E-state index contributed by atoms with van der Waals surface area (Å²) in [5.74, 6) is -0.404. The number of para-hydroxylation sites is 1. The van der Waals surface area contributed by atoms with Gasteiger partial charge in [0.1, 0.15) is 5.69 Å². The van der Waals surface area contributed by atoms with Gasteiger partial charge in [-0.1, -0.05) is 36.4 Å². The molecule has 0 atom stereocenters. The molecule has 0 aliphatic rings. The first-order chi connectivity index (χ1) is 12.0. The van der Waals surface area contributed by atoms with Crippen LogP contribution >= 0.6 is 0 Å². The number of amides is 1. The zero-order valence-corrected chi connectivity index (χ0v) is 13.9. The van der Waals surface area contributed by atoms with Crippen molar-refractivity contribution in [3.8, 4) is 5.69 Å². The number of anilines is 1. The lowest BCUT2D eigenvalue weighted by Crippen LogP contribution is -2.41. The number of hydrogen-bond donors (Lipinski definition) is 1. The van der Waals surface area contributed by atoms with Gasteiger partial charge in [-0.2, -0.15) is 0 Å². The average molecular weight is 335 g/mol. The maximum Gasteiger partial charge on any atom is 0.335 e. The highest BCUT2D eigenvalue weighted by atomic mass is 16.2. The first-order valence-electron chi connectivity index (χ1n) is 7.75. The number of nitrogens with zero attached hydrogens (tertiary/aromatic N) is 2. The molecule has 126 valence electrons. The van der Waals surface area contributed by atoms with Crippen molar-refractivity contribution in [3.05, 3.63) is 92.8 Å². The van der Waals surface area contributed by atoms with Crippen molar-refractivity contribution in [2.24, 2.45) is 7.05 Å². The molecule has 0 bridgehead atoms. The molecular formula is C19H17N3O3. The minimum absolute atomic E-state index is 0.0832. The number of hydrogen-bond acceptors (Lipinski definition) is 3. The Labute approximate surface area is 144 Å². The summed E-state index contributed by atoms with van der Waals surface area (Å²) >= 11 is 0. The van der Waals surface area contributed by atoms with Gasteiger partial charge in [0.05, 0.1) is 5.69 Å². The maximum atomic E-state index is 12.9. The molecule has 0 aliphatic carbocycles. The third-order valence-electron chi connectivity index (χ3n) is 4.05. The van der Waals surface area contributed by atoms with Crippen molar-refractivity contribution in [2.75, 3.05) is 5.32 Å². The molecule has 0 fully saturated rings. The monoisotopic (exact) mass is 335 g/mol. The van der Waals surface area contributed by atoms with Gasteiger partial charge < -0.3 is 5.32 Å². The smallest absolute Gasteiger partial charge is 0.316 e. The summed E-state index contributed by atoms with van der Waals surface area (Å²) < 4.78 is 2.39. The van der Waals surface area contributed by atoms with Crippen LogP contribution in [0, 0.1) is 6.92 Å². The fourth-order valence-corrected chi connectivity index (χ4v) is 2.54. The van der Waals surface area contributed by atoms with Gasteiger partial charge in [0.2, 0.25) is 0 Å². The van der Waals surface area contributed by atoms with Crippen LogP contribution in [0.4, 0.5) is 5.69 Å². The van der Waals surface area contributed by atoms with Crippen LogP contribution in [0.2, 0.25) is 0 Å². The molecule has 1 N–H and O–H groups in total. The van der Waals surface area contributed by atoms with Crippen LogP contribution in [0.5, 0.6) is 0 Å². The Bertz CT molecular complexity index is 1040. The fraction of sp³-hybridized carbons (Fsp3) is 0.105. The third kappa shape index (κ3) is 3.01. The quantitative estimate of drug-likeness (QED) is 0.796. The number of nitrogens with one attached hydrogen (secondary N) is 1. The van der Waals surface area contributed by atoms with Gasteiger partial charge in [0, 0.05) is 18.3 Å². The molecule has 0 saturated carbocycles. The molecule has 0 unspecified atom stereocenters. The van der Waals surface area contributed by atoms with E-state index in [0.717, 1.165) is 4.57 Å². The molecular weight excluding hydrogens is 318 g/mol. The summed E-state index contributed by atoms with van der Waals surface area (Å²) in [6.07, 6.45) is 0. The first kappa shape index (κ1) is 16.4. The zero-order valence-electron chi connectivity index (χ0n) is 13.9. The van der Waals surface area contributed by atoms with Crippen molar-refractivity contribution < 1.29 is 4.79 Å². The van der Waals surface area contributed by atoms with Crippen LogP contribution in [-0.2, 0) is 7.05 Å². The number of benzene rings is 2. The lowest BCUT2D eigenvalue weighted by atomic mass is 10.2. The standard InChI is InChI=1S/C19H17N3O3/c1-13-16(20-17(23)14-9-5-3-6-10-14)18(24)22(19(25)21(13)2)15-11-7-4-8-12-15/h3-12H,1-2H3,(H,20,23). The number of carbonyl (C=O) groups is 1. The topological polar surface area (TPSA) is 73.1 Å². The predicted molar refractivity (Wildman–Crippen MR) is 96.4 cm³/mol. The Morgan fingerprint density at radius 1 is 0.920 bits per heavy atom. The van der Waals surface area contributed by atoms with Crippen LogP contribution < -0.4 is 16.6 Å². The van der Waals surface area contributed by atoms with Gasteiger partial charge in [-0.05, 0) is 31.2 Å². The van der Waals surface area contributed by atoms with Gasteiger partial charge >= 0.3 is 5.69 Å². The van der Waals surface area contributed by atoms with Crippen LogP contribution in [0.3, 0.4) is 0 Å². The van der Waals surface area contributed by atoms with E-state index in [2.05, 4.69) is 5.32 Å². The maximum absolute atomic E-state index is 12.9. The molecule has 0 aliphatic heterocycles. The minimum atomic E-state index is -0.559. The average Bonchev–Trinajstić information content (AvgIpc) is 2.65. The van der Waals surface area contributed by atoms with E-state index in [4.69, 9.17) is 0 Å². The second kappa shape index (κ2) is 6.60. The number of rotatable bonds is 3. The van der Waals surface area contributed by atoms with Gasteiger partial charge in [-0.3, -0.25) is 14.2 Å².